The molecule has 2 aromatic rings. The van der Waals surface area contributed by atoms with Gasteiger partial charge in [-0.1, -0.05) is 29.8 Å². The van der Waals surface area contributed by atoms with Gasteiger partial charge in [-0.15, -0.1) is 0 Å². The minimum Gasteiger partial charge on any atom is -0.494 e. The highest BCUT2D eigenvalue weighted by atomic mass is 35.5. The highest BCUT2D eigenvalue weighted by Gasteiger charge is 2.55. The van der Waals surface area contributed by atoms with E-state index in [2.05, 4.69) is 0 Å². The van der Waals surface area contributed by atoms with Crippen molar-refractivity contribution in [3.05, 3.63) is 64.2 Å². The number of hydrogen-bond acceptors (Lipinski definition) is 7. The van der Waals surface area contributed by atoms with Crippen LogP contribution in [0.4, 0.5) is 0 Å². The molecule has 30 heavy (non-hydrogen) atoms. The first-order valence-corrected chi connectivity index (χ1v) is 10.1. The van der Waals surface area contributed by atoms with Crippen molar-refractivity contribution in [2.24, 2.45) is 0 Å². The number of rotatable bonds is 7. The molecule has 0 aromatic heterocycles. The molecule has 0 spiro atoms. The third-order valence-corrected chi connectivity index (χ3v) is 5.70. The molecule has 0 amide bonds. The van der Waals surface area contributed by atoms with Gasteiger partial charge in [0.15, 0.2) is 0 Å². The summed E-state index contributed by atoms with van der Waals surface area (Å²) in [5.74, 6) is -0.995. The fourth-order valence-electron chi connectivity index (χ4n) is 3.68. The van der Waals surface area contributed by atoms with Gasteiger partial charge in [0.1, 0.15) is 30.2 Å². The summed E-state index contributed by atoms with van der Waals surface area (Å²) >= 11 is 6.40. The average Bonchev–Trinajstić information content (AvgIpc) is 2.76. The first-order chi connectivity index (χ1) is 14.4. The zero-order chi connectivity index (χ0) is 21.9. The van der Waals surface area contributed by atoms with Gasteiger partial charge in [-0.3, -0.25) is 0 Å². The Labute approximate surface area is 180 Å². The molecule has 1 fully saturated rings. The number of aliphatic hydroxyl groups excluding tert-OH is 4. The molecule has 0 saturated carbocycles. The van der Waals surface area contributed by atoms with E-state index < -0.39 is 36.8 Å². The van der Waals surface area contributed by atoms with E-state index in [1.165, 1.54) is 7.11 Å². The van der Waals surface area contributed by atoms with Crippen LogP contribution in [0.3, 0.4) is 0 Å². The molecule has 8 heteroatoms. The Kier molecular flexibility index (Phi) is 7.36. The van der Waals surface area contributed by atoms with E-state index in [0.29, 0.717) is 23.6 Å². The maximum Gasteiger partial charge on any atom is 0.224 e. The lowest BCUT2D eigenvalue weighted by Crippen LogP contribution is -2.64. The van der Waals surface area contributed by atoms with Gasteiger partial charge in [0.25, 0.3) is 0 Å². The molecule has 7 nitrogen and oxygen atoms in total. The topological polar surface area (TPSA) is 109 Å². The van der Waals surface area contributed by atoms with Crippen LogP contribution in [0.1, 0.15) is 23.6 Å². The van der Waals surface area contributed by atoms with Crippen LogP contribution in [0.5, 0.6) is 5.75 Å². The third kappa shape index (κ3) is 4.33. The second kappa shape index (κ2) is 9.62. The molecule has 0 radical (unpaired) electrons. The maximum atomic E-state index is 10.7. The van der Waals surface area contributed by atoms with Crippen molar-refractivity contribution in [1.29, 1.82) is 0 Å². The van der Waals surface area contributed by atoms with Crippen LogP contribution in [0.25, 0.3) is 0 Å². The van der Waals surface area contributed by atoms with Gasteiger partial charge in [-0.25, -0.2) is 0 Å². The van der Waals surface area contributed by atoms with E-state index in [9.17, 15) is 20.4 Å². The number of ether oxygens (including phenoxy) is 3. The number of hydrogen-bond donors (Lipinski definition) is 4. The molecule has 1 saturated heterocycles. The quantitative estimate of drug-likeness (QED) is 0.520. The maximum absolute atomic E-state index is 10.7. The van der Waals surface area contributed by atoms with Crippen molar-refractivity contribution in [2.75, 3.05) is 20.3 Å². The lowest BCUT2D eigenvalue weighted by Gasteiger charge is -2.47. The summed E-state index contributed by atoms with van der Waals surface area (Å²) in [7, 11) is 1.32. The minimum absolute atomic E-state index is 0.409. The Balaban J connectivity index is 1.94. The summed E-state index contributed by atoms with van der Waals surface area (Å²) in [6.07, 6.45) is -5.23. The molecule has 0 aliphatic carbocycles. The van der Waals surface area contributed by atoms with Crippen LogP contribution in [0, 0.1) is 0 Å². The first kappa shape index (κ1) is 23.0. The van der Waals surface area contributed by atoms with Crippen LogP contribution >= 0.6 is 11.6 Å². The fraction of sp³-hybridized carbons (Fsp3) is 0.455. The molecular formula is C22H27ClO7. The van der Waals surface area contributed by atoms with Crippen molar-refractivity contribution in [2.45, 2.75) is 43.5 Å². The van der Waals surface area contributed by atoms with Gasteiger partial charge < -0.3 is 34.6 Å². The number of aliphatic hydroxyl groups is 4. The largest absolute Gasteiger partial charge is 0.494 e. The lowest BCUT2D eigenvalue weighted by atomic mass is 9.87. The summed E-state index contributed by atoms with van der Waals surface area (Å²) < 4.78 is 16.7. The standard InChI is InChI=1S/C22H27ClO7/c1-3-29-16-7-4-13(5-8-16)10-14-11-15(6-9-17(14)23)22(28-2)21(27)20(26)19(25)18(12-24)30-22/h4-9,11,18-21,24-27H,3,10,12H2,1-2H3/t18-,19?,20+,21?,22+/m1/s1. The zero-order valence-corrected chi connectivity index (χ0v) is 17.6. The molecule has 1 aliphatic heterocycles. The highest BCUT2D eigenvalue weighted by Crippen LogP contribution is 2.40. The van der Waals surface area contributed by atoms with Gasteiger partial charge in [0.05, 0.1) is 13.2 Å². The Morgan fingerprint density at radius 3 is 2.37 bits per heavy atom. The second-order valence-electron chi connectivity index (χ2n) is 7.20. The molecule has 1 heterocycles. The van der Waals surface area contributed by atoms with Crippen LogP contribution in [0.15, 0.2) is 42.5 Å². The fourth-order valence-corrected chi connectivity index (χ4v) is 3.87. The third-order valence-electron chi connectivity index (χ3n) is 5.33. The summed E-state index contributed by atoms with van der Waals surface area (Å²) in [5, 5.41) is 41.1. The SMILES string of the molecule is CCOc1ccc(Cc2cc([C@]3(OC)O[C@H](CO)C(O)[C@H](O)C3O)ccc2Cl)cc1. The molecule has 1 aliphatic rings. The van der Waals surface area contributed by atoms with Gasteiger partial charge >= 0.3 is 0 Å². The predicted molar refractivity (Wildman–Crippen MR) is 111 cm³/mol. The highest BCUT2D eigenvalue weighted by molar-refractivity contribution is 6.31. The van der Waals surface area contributed by atoms with E-state index in [0.717, 1.165) is 16.9 Å². The van der Waals surface area contributed by atoms with Crippen LogP contribution < -0.4 is 4.74 Å². The predicted octanol–water partition coefficient (Wildman–Crippen LogP) is 1.60. The normalized spacial score (nSPS) is 29.0. The molecule has 164 valence electrons. The van der Waals surface area contributed by atoms with E-state index in [-0.39, 0.29) is 0 Å². The van der Waals surface area contributed by atoms with Gasteiger partial charge in [0.2, 0.25) is 5.79 Å². The molecule has 3 rings (SSSR count). The zero-order valence-electron chi connectivity index (χ0n) is 16.9. The van der Waals surface area contributed by atoms with Gasteiger partial charge in [-0.2, -0.15) is 0 Å². The van der Waals surface area contributed by atoms with Crippen molar-refractivity contribution in [3.63, 3.8) is 0 Å². The Morgan fingerprint density at radius 1 is 1.07 bits per heavy atom. The van der Waals surface area contributed by atoms with Crippen molar-refractivity contribution < 1.29 is 34.6 Å². The molecule has 4 N–H and O–H groups in total. The lowest BCUT2D eigenvalue weighted by molar-refractivity contribution is -0.366. The van der Waals surface area contributed by atoms with Gasteiger partial charge in [-0.05, 0) is 48.7 Å². The van der Waals surface area contributed by atoms with E-state index >= 15 is 0 Å². The molecule has 5 atom stereocenters. The Hall–Kier alpha value is -1.71. The van der Waals surface area contributed by atoms with Crippen LogP contribution in [0.2, 0.25) is 5.02 Å². The van der Waals surface area contributed by atoms with E-state index in [4.69, 9.17) is 25.8 Å². The molecule has 2 unspecified atom stereocenters. The summed E-state index contributed by atoms with van der Waals surface area (Å²) in [6, 6.07) is 12.6. The van der Waals surface area contributed by atoms with Crippen LogP contribution in [-0.4, -0.2) is 65.2 Å². The van der Waals surface area contributed by atoms with E-state index in [1.54, 1.807) is 18.2 Å². The second-order valence-corrected chi connectivity index (χ2v) is 7.60. The van der Waals surface area contributed by atoms with E-state index in [1.807, 2.05) is 31.2 Å². The van der Waals surface area contributed by atoms with Crippen molar-refractivity contribution >= 4 is 11.6 Å². The summed E-state index contributed by atoms with van der Waals surface area (Å²) in [6.45, 7) is 1.95. The van der Waals surface area contributed by atoms with Crippen molar-refractivity contribution in [1.82, 2.24) is 0 Å². The summed E-state index contributed by atoms with van der Waals surface area (Å²) in [4.78, 5) is 0. The monoisotopic (exact) mass is 438 g/mol. The Bertz CT molecular complexity index is 842. The number of methoxy groups -OCH3 is 1. The molecule has 0 bridgehead atoms. The number of benzene rings is 2. The number of halogens is 1. The molecule has 2 aromatic carbocycles. The Morgan fingerprint density at radius 2 is 1.77 bits per heavy atom. The minimum atomic E-state index is -1.77. The van der Waals surface area contributed by atoms with Gasteiger partial charge in [0, 0.05) is 17.7 Å². The van der Waals surface area contributed by atoms with Crippen LogP contribution in [-0.2, 0) is 21.7 Å². The average molecular weight is 439 g/mol. The summed E-state index contributed by atoms with van der Waals surface area (Å²) in [5.41, 5.74) is 2.16. The van der Waals surface area contributed by atoms with Crippen molar-refractivity contribution in [3.8, 4) is 5.75 Å². The molecular weight excluding hydrogens is 412 g/mol. The first-order valence-electron chi connectivity index (χ1n) is 9.75. The smallest absolute Gasteiger partial charge is 0.224 e.